The number of ether oxygens (including phenoxy) is 2. The lowest BCUT2D eigenvalue weighted by Crippen LogP contribution is -2.16. The predicted octanol–water partition coefficient (Wildman–Crippen LogP) is 4.42. The minimum Gasteiger partial charge on any atom is -0.493 e. The Balaban J connectivity index is 0.00000261. The van der Waals surface area contributed by atoms with E-state index in [1.807, 2.05) is 30.3 Å². The Bertz CT molecular complexity index is 925. The molecule has 2 N–H and O–H groups in total. The molecule has 0 amide bonds. The first-order valence-electron chi connectivity index (χ1n) is 8.67. The molecule has 3 aromatic carbocycles. The van der Waals surface area contributed by atoms with Crippen molar-refractivity contribution in [3.05, 3.63) is 71.8 Å². The summed E-state index contributed by atoms with van der Waals surface area (Å²) in [7, 11) is 3.27. The molecule has 0 fully saturated rings. The van der Waals surface area contributed by atoms with Crippen molar-refractivity contribution >= 4 is 29.0 Å². The van der Waals surface area contributed by atoms with Crippen LogP contribution in [0.5, 0.6) is 11.5 Å². The molecule has 0 aromatic heterocycles. The zero-order chi connectivity index (χ0) is 18.4. The van der Waals surface area contributed by atoms with Crippen molar-refractivity contribution in [1.29, 1.82) is 0 Å². The van der Waals surface area contributed by atoms with E-state index in [4.69, 9.17) is 15.2 Å². The zero-order valence-corrected chi connectivity index (χ0v) is 16.5. The van der Waals surface area contributed by atoms with Crippen LogP contribution >= 0.6 is 12.4 Å². The van der Waals surface area contributed by atoms with Crippen molar-refractivity contribution in [3.63, 3.8) is 0 Å². The van der Waals surface area contributed by atoms with Gasteiger partial charge in [-0.1, -0.05) is 48.5 Å². The summed E-state index contributed by atoms with van der Waals surface area (Å²) in [5.74, 6) is 2.12. The largest absolute Gasteiger partial charge is 0.493 e. The third-order valence-electron chi connectivity index (χ3n) is 4.36. The quantitative estimate of drug-likeness (QED) is 0.484. The summed E-state index contributed by atoms with van der Waals surface area (Å²) in [5.41, 5.74) is 8.44. The Morgan fingerprint density at radius 3 is 2.30 bits per heavy atom. The van der Waals surface area contributed by atoms with Crippen LogP contribution in [0.2, 0.25) is 0 Å². The molecule has 0 spiro atoms. The van der Waals surface area contributed by atoms with Crippen LogP contribution in [0.4, 0.5) is 0 Å². The number of methoxy groups -OCH3 is 2. The predicted molar refractivity (Wildman–Crippen MR) is 115 cm³/mol. The average Bonchev–Trinajstić information content (AvgIpc) is 2.67. The van der Waals surface area contributed by atoms with Crippen LogP contribution in [-0.4, -0.2) is 26.6 Å². The topological polar surface area (TPSA) is 56.8 Å². The van der Waals surface area contributed by atoms with E-state index < -0.39 is 0 Å². The van der Waals surface area contributed by atoms with Gasteiger partial charge in [0.15, 0.2) is 11.5 Å². The van der Waals surface area contributed by atoms with Gasteiger partial charge in [0.05, 0.1) is 20.1 Å². The molecule has 0 heterocycles. The number of halogens is 1. The zero-order valence-electron chi connectivity index (χ0n) is 15.6. The molecule has 142 valence electrons. The molecular formula is C22H25ClN2O2. The van der Waals surface area contributed by atoms with E-state index in [9.17, 15) is 0 Å². The Hall–Kier alpha value is -2.72. The number of amidine groups is 1. The van der Waals surface area contributed by atoms with E-state index in [-0.39, 0.29) is 12.4 Å². The molecular weight excluding hydrogens is 360 g/mol. The molecule has 3 rings (SSSR count). The van der Waals surface area contributed by atoms with Crippen molar-refractivity contribution in [2.45, 2.75) is 12.8 Å². The van der Waals surface area contributed by atoms with Gasteiger partial charge in [0.1, 0.15) is 0 Å². The summed E-state index contributed by atoms with van der Waals surface area (Å²) in [4.78, 5) is 4.52. The van der Waals surface area contributed by atoms with Gasteiger partial charge >= 0.3 is 0 Å². The Morgan fingerprint density at radius 1 is 0.852 bits per heavy atom. The van der Waals surface area contributed by atoms with Gasteiger partial charge in [0.25, 0.3) is 0 Å². The van der Waals surface area contributed by atoms with Crippen molar-refractivity contribution in [1.82, 2.24) is 0 Å². The van der Waals surface area contributed by atoms with Gasteiger partial charge in [0.2, 0.25) is 0 Å². The summed E-state index contributed by atoms with van der Waals surface area (Å²) in [6.45, 7) is 0.648. The molecule has 0 saturated carbocycles. The van der Waals surface area contributed by atoms with Gasteiger partial charge < -0.3 is 15.2 Å². The molecule has 0 unspecified atom stereocenters. The molecule has 0 aliphatic rings. The van der Waals surface area contributed by atoms with Crippen LogP contribution in [0, 0.1) is 0 Å². The molecule has 27 heavy (non-hydrogen) atoms. The molecule has 0 aliphatic heterocycles. The summed E-state index contributed by atoms with van der Waals surface area (Å²) < 4.78 is 10.6. The third kappa shape index (κ3) is 5.38. The standard InChI is InChI=1S/C22H24N2O2.ClH/c1-25-20-10-8-16(14-21(20)26-2)11-12-24-22(23)15-17-7-9-18-5-3-4-6-19(18)13-17;/h3-10,13-14H,11-12,15H2,1-2H3,(H2,23,24);1H. The fourth-order valence-corrected chi connectivity index (χ4v) is 2.98. The summed E-state index contributed by atoms with van der Waals surface area (Å²) >= 11 is 0. The second-order valence-corrected chi connectivity index (χ2v) is 6.17. The maximum atomic E-state index is 6.12. The van der Waals surface area contributed by atoms with E-state index in [1.54, 1.807) is 14.2 Å². The normalized spacial score (nSPS) is 11.1. The van der Waals surface area contributed by atoms with E-state index in [0.29, 0.717) is 18.8 Å². The highest BCUT2D eigenvalue weighted by atomic mass is 35.5. The van der Waals surface area contributed by atoms with Gasteiger partial charge in [-0.25, -0.2) is 0 Å². The highest BCUT2D eigenvalue weighted by Gasteiger charge is 2.04. The maximum absolute atomic E-state index is 6.12. The molecule has 0 radical (unpaired) electrons. The lowest BCUT2D eigenvalue weighted by Gasteiger charge is -2.09. The van der Waals surface area contributed by atoms with Crippen molar-refractivity contribution < 1.29 is 9.47 Å². The number of benzene rings is 3. The summed E-state index contributed by atoms with van der Waals surface area (Å²) in [5, 5.41) is 2.46. The summed E-state index contributed by atoms with van der Waals surface area (Å²) in [6, 6.07) is 20.6. The smallest absolute Gasteiger partial charge is 0.160 e. The highest BCUT2D eigenvalue weighted by Crippen LogP contribution is 2.27. The van der Waals surface area contributed by atoms with Gasteiger partial charge in [-0.3, -0.25) is 4.99 Å². The molecule has 0 aliphatic carbocycles. The number of hydrogen-bond acceptors (Lipinski definition) is 3. The first kappa shape index (κ1) is 20.6. The minimum absolute atomic E-state index is 0. The van der Waals surface area contributed by atoms with Crippen molar-refractivity contribution in [3.8, 4) is 11.5 Å². The fourth-order valence-electron chi connectivity index (χ4n) is 2.98. The lowest BCUT2D eigenvalue weighted by atomic mass is 10.0. The van der Waals surface area contributed by atoms with E-state index >= 15 is 0 Å². The number of rotatable bonds is 7. The molecule has 3 aromatic rings. The van der Waals surface area contributed by atoms with Gasteiger partial charge in [0, 0.05) is 13.0 Å². The highest BCUT2D eigenvalue weighted by molar-refractivity contribution is 5.86. The molecule has 0 saturated heterocycles. The molecule has 0 bridgehead atoms. The SMILES string of the molecule is COc1ccc(CCN=C(N)Cc2ccc3ccccc3c2)cc1OC.Cl. The first-order chi connectivity index (χ1) is 12.7. The molecule has 4 nitrogen and oxygen atoms in total. The first-order valence-corrected chi connectivity index (χ1v) is 8.67. The number of nitrogens with zero attached hydrogens (tertiary/aromatic N) is 1. The molecule has 0 atom stereocenters. The van der Waals surface area contributed by atoms with E-state index in [2.05, 4.69) is 35.3 Å². The Kier molecular flexibility index (Phi) is 7.50. The third-order valence-corrected chi connectivity index (χ3v) is 4.36. The Labute approximate surface area is 166 Å². The second kappa shape index (κ2) is 9.83. The summed E-state index contributed by atoms with van der Waals surface area (Å²) in [6.07, 6.45) is 1.47. The molecule has 5 heteroatoms. The minimum atomic E-state index is 0. The number of aliphatic imine (C=N–C) groups is 1. The van der Waals surface area contributed by atoms with Crippen LogP contribution in [0.3, 0.4) is 0 Å². The monoisotopic (exact) mass is 384 g/mol. The van der Waals surface area contributed by atoms with Gasteiger partial charge in [-0.15, -0.1) is 12.4 Å². The van der Waals surface area contributed by atoms with Crippen molar-refractivity contribution in [2.75, 3.05) is 20.8 Å². The number of hydrogen-bond donors (Lipinski definition) is 1. The van der Waals surface area contributed by atoms with Crippen molar-refractivity contribution in [2.24, 2.45) is 10.7 Å². The van der Waals surface area contributed by atoms with Crippen LogP contribution in [0.25, 0.3) is 10.8 Å². The second-order valence-electron chi connectivity index (χ2n) is 6.17. The van der Waals surface area contributed by atoms with Crippen LogP contribution in [0.1, 0.15) is 11.1 Å². The van der Waals surface area contributed by atoms with Crippen LogP contribution in [0.15, 0.2) is 65.7 Å². The van der Waals surface area contributed by atoms with E-state index in [1.165, 1.54) is 16.3 Å². The van der Waals surface area contributed by atoms with Gasteiger partial charge in [-0.05, 0) is 40.5 Å². The lowest BCUT2D eigenvalue weighted by molar-refractivity contribution is 0.354. The number of nitrogens with two attached hydrogens (primary N) is 1. The van der Waals surface area contributed by atoms with Crippen LogP contribution < -0.4 is 15.2 Å². The van der Waals surface area contributed by atoms with Crippen LogP contribution in [-0.2, 0) is 12.8 Å². The fraction of sp³-hybridized carbons (Fsp3) is 0.227. The maximum Gasteiger partial charge on any atom is 0.160 e. The van der Waals surface area contributed by atoms with E-state index in [0.717, 1.165) is 23.5 Å². The Morgan fingerprint density at radius 2 is 1.56 bits per heavy atom. The van der Waals surface area contributed by atoms with Gasteiger partial charge in [-0.2, -0.15) is 0 Å². The average molecular weight is 385 g/mol. The number of fused-ring (bicyclic) bond motifs is 1.